The number of carbonyl (C=O) groups excluding carboxylic acids is 1. The number of nitrogens with zero attached hydrogens (tertiary/aromatic N) is 2. The average Bonchev–Trinajstić information content (AvgIpc) is 2.57. The molecular formula is C13H22N2O3. The van der Waals surface area contributed by atoms with Crippen molar-refractivity contribution >= 4 is 6.09 Å². The minimum absolute atomic E-state index is 0.336. The van der Waals surface area contributed by atoms with Crippen LogP contribution in [0, 0.1) is 4.91 Å². The molecule has 1 unspecified atom stereocenters. The standard InChI is InChI=1S/C13H22N2O3/c1-10(14-17)9-13(5)7-6-8-15(13)11(16)18-12(2,3)4/h9H,6-8H2,1-5H3/b10-9-. The van der Waals surface area contributed by atoms with Crippen LogP contribution in [0.4, 0.5) is 4.79 Å². The van der Waals surface area contributed by atoms with Gasteiger partial charge in [-0.05, 0) is 58.7 Å². The number of nitroso groups, excluding NO2 is 1. The Morgan fingerprint density at radius 2 is 2.06 bits per heavy atom. The first-order chi connectivity index (χ1) is 8.18. The molecule has 1 saturated heterocycles. The Labute approximate surface area is 108 Å². The SMILES string of the molecule is C/C(=C/C1(C)CCCN1C(=O)OC(C)(C)C)N=O. The van der Waals surface area contributed by atoms with Crippen LogP contribution >= 0.6 is 0 Å². The second-order valence-electron chi connectivity index (χ2n) is 5.97. The zero-order chi connectivity index (χ0) is 14.0. The van der Waals surface area contributed by atoms with Gasteiger partial charge in [0.05, 0.1) is 11.2 Å². The summed E-state index contributed by atoms with van der Waals surface area (Å²) in [5.41, 5.74) is -0.587. The van der Waals surface area contributed by atoms with E-state index in [2.05, 4.69) is 5.18 Å². The molecule has 5 nitrogen and oxygen atoms in total. The first-order valence-electron chi connectivity index (χ1n) is 6.21. The molecule has 1 aliphatic rings. The van der Waals surface area contributed by atoms with Gasteiger partial charge in [0, 0.05) is 6.54 Å². The Hall–Kier alpha value is -1.39. The van der Waals surface area contributed by atoms with E-state index in [-0.39, 0.29) is 6.09 Å². The molecule has 1 heterocycles. The van der Waals surface area contributed by atoms with Gasteiger partial charge in [0.15, 0.2) is 0 Å². The number of ether oxygens (including phenoxy) is 1. The molecule has 1 aliphatic heterocycles. The van der Waals surface area contributed by atoms with Gasteiger partial charge in [-0.2, -0.15) is 0 Å². The van der Waals surface area contributed by atoms with Gasteiger partial charge < -0.3 is 4.74 Å². The summed E-state index contributed by atoms with van der Waals surface area (Å²) in [6.45, 7) is 9.74. The van der Waals surface area contributed by atoms with Crippen molar-refractivity contribution in [1.29, 1.82) is 0 Å². The molecule has 0 bridgehead atoms. The summed E-state index contributed by atoms with van der Waals surface area (Å²) in [4.78, 5) is 24.3. The zero-order valence-corrected chi connectivity index (χ0v) is 11.8. The maximum Gasteiger partial charge on any atom is 0.410 e. The fourth-order valence-corrected chi connectivity index (χ4v) is 2.23. The predicted molar refractivity (Wildman–Crippen MR) is 70.1 cm³/mol. The van der Waals surface area contributed by atoms with E-state index in [0.29, 0.717) is 12.2 Å². The van der Waals surface area contributed by atoms with E-state index in [1.54, 1.807) is 17.9 Å². The fourth-order valence-electron chi connectivity index (χ4n) is 2.23. The molecule has 0 aromatic rings. The van der Waals surface area contributed by atoms with Crippen LogP contribution < -0.4 is 0 Å². The van der Waals surface area contributed by atoms with Crippen molar-refractivity contribution in [2.24, 2.45) is 5.18 Å². The number of carbonyl (C=O) groups is 1. The summed E-state index contributed by atoms with van der Waals surface area (Å²) >= 11 is 0. The Balaban J connectivity index is 2.88. The van der Waals surface area contributed by atoms with Gasteiger partial charge in [0.2, 0.25) is 0 Å². The van der Waals surface area contributed by atoms with Crippen LogP contribution in [0.5, 0.6) is 0 Å². The number of rotatable bonds is 2. The normalized spacial score (nSPS) is 25.2. The number of likely N-dealkylation sites (tertiary alicyclic amines) is 1. The molecule has 0 spiro atoms. The monoisotopic (exact) mass is 254 g/mol. The molecule has 0 N–H and O–H groups in total. The predicted octanol–water partition coefficient (Wildman–Crippen LogP) is 3.45. The van der Waals surface area contributed by atoms with Crippen LogP contribution in [0.2, 0.25) is 0 Å². The van der Waals surface area contributed by atoms with Crippen LogP contribution in [0.25, 0.3) is 0 Å². The summed E-state index contributed by atoms with van der Waals surface area (Å²) < 4.78 is 5.38. The number of amides is 1. The van der Waals surface area contributed by atoms with Gasteiger partial charge in [-0.15, -0.1) is 4.91 Å². The van der Waals surface area contributed by atoms with Crippen LogP contribution in [0.3, 0.4) is 0 Å². The Kier molecular flexibility index (Phi) is 4.14. The van der Waals surface area contributed by atoms with E-state index >= 15 is 0 Å². The van der Waals surface area contributed by atoms with Crippen LogP contribution in [-0.2, 0) is 4.74 Å². The van der Waals surface area contributed by atoms with Crippen LogP contribution in [0.1, 0.15) is 47.5 Å². The van der Waals surface area contributed by atoms with Crippen molar-refractivity contribution in [3.63, 3.8) is 0 Å². The van der Waals surface area contributed by atoms with Crippen molar-refractivity contribution in [2.75, 3.05) is 6.54 Å². The van der Waals surface area contributed by atoms with Gasteiger partial charge in [-0.25, -0.2) is 4.79 Å². The highest BCUT2D eigenvalue weighted by Gasteiger charge is 2.40. The van der Waals surface area contributed by atoms with Gasteiger partial charge in [0.25, 0.3) is 0 Å². The van der Waals surface area contributed by atoms with Gasteiger partial charge in [-0.1, -0.05) is 0 Å². The van der Waals surface area contributed by atoms with Gasteiger partial charge >= 0.3 is 6.09 Å². The number of hydrogen-bond donors (Lipinski definition) is 0. The average molecular weight is 254 g/mol. The molecule has 0 aromatic heterocycles. The van der Waals surface area contributed by atoms with Crippen molar-refractivity contribution in [2.45, 2.75) is 58.6 Å². The lowest BCUT2D eigenvalue weighted by molar-refractivity contribution is 0.0168. The first kappa shape index (κ1) is 14.7. The molecule has 0 saturated carbocycles. The molecule has 102 valence electrons. The third-order valence-electron chi connectivity index (χ3n) is 2.96. The van der Waals surface area contributed by atoms with Crippen molar-refractivity contribution in [1.82, 2.24) is 4.90 Å². The molecule has 18 heavy (non-hydrogen) atoms. The molecule has 1 fully saturated rings. The van der Waals surface area contributed by atoms with E-state index in [1.165, 1.54) is 0 Å². The van der Waals surface area contributed by atoms with E-state index in [1.807, 2.05) is 27.7 Å². The highest BCUT2D eigenvalue weighted by molar-refractivity contribution is 5.70. The first-order valence-corrected chi connectivity index (χ1v) is 6.21. The molecule has 1 atom stereocenters. The third-order valence-corrected chi connectivity index (χ3v) is 2.96. The highest BCUT2D eigenvalue weighted by Crippen LogP contribution is 2.32. The van der Waals surface area contributed by atoms with E-state index < -0.39 is 11.1 Å². The molecule has 1 amide bonds. The summed E-state index contributed by atoms with van der Waals surface area (Å²) in [6.07, 6.45) is 3.13. The maximum absolute atomic E-state index is 12.1. The maximum atomic E-state index is 12.1. The molecule has 0 aromatic carbocycles. The van der Waals surface area contributed by atoms with Crippen LogP contribution in [-0.4, -0.2) is 28.7 Å². The Bertz CT molecular complexity index is 371. The fraction of sp³-hybridized carbons (Fsp3) is 0.769. The third kappa shape index (κ3) is 3.55. The Morgan fingerprint density at radius 3 is 2.56 bits per heavy atom. The summed E-state index contributed by atoms with van der Waals surface area (Å²) in [6, 6.07) is 0. The van der Waals surface area contributed by atoms with E-state index in [9.17, 15) is 9.70 Å². The molecular weight excluding hydrogens is 232 g/mol. The lowest BCUT2D eigenvalue weighted by atomic mass is 9.98. The summed E-state index contributed by atoms with van der Waals surface area (Å²) in [5.74, 6) is 0. The Morgan fingerprint density at radius 1 is 1.44 bits per heavy atom. The largest absolute Gasteiger partial charge is 0.444 e. The lowest BCUT2D eigenvalue weighted by Gasteiger charge is -2.34. The topological polar surface area (TPSA) is 59.0 Å². The second-order valence-corrected chi connectivity index (χ2v) is 5.97. The summed E-state index contributed by atoms with van der Waals surface area (Å²) in [5, 5.41) is 2.90. The summed E-state index contributed by atoms with van der Waals surface area (Å²) in [7, 11) is 0. The molecule has 0 aliphatic carbocycles. The minimum Gasteiger partial charge on any atom is -0.444 e. The molecule has 1 rings (SSSR count). The minimum atomic E-state index is -0.512. The van der Waals surface area contributed by atoms with Crippen molar-refractivity contribution < 1.29 is 9.53 Å². The molecule has 0 radical (unpaired) electrons. The number of allylic oxidation sites excluding steroid dienone is 1. The second kappa shape index (κ2) is 5.08. The van der Waals surface area contributed by atoms with Crippen LogP contribution in [0.15, 0.2) is 16.9 Å². The smallest absolute Gasteiger partial charge is 0.410 e. The lowest BCUT2D eigenvalue weighted by Crippen LogP contribution is -2.46. The quantitative estimate of drug-likeness (QED) is 0.709. The van der Waals surface area contributed by atoms with Gasteiger partial charge in [0.1, 0.15) is 5.60 Å². The van der Waals surface area contributed by atoms with E-state index in [0.717, 1.165) is 12.8 Å². The molecule has 5 heteroatoms. The van der Waals surface area contributed by atoms with Gasteiger partial charge in [-0.3, -0.25) is 4.90 Å². The highest BCUT2D eigenvalue weighted by atomic mass is 16.6. The van der Waals surface area contributed by atoms with Crippen molar-refractivity contribution in [3.05, 3.63) is 16.7 Å². The number of hydrogen-bond acceptors (Lipinski definition) is 4. The van der Waals surface area contributed by atoms with E-state index in [4.69, 9.17) is 4.74 Å². The zero-order valence-electron chi connectivity index (χ0n) is 11.8. The van der Waals surface area contributed by atoms with Crippen molar-refractivity contribution in [3.8, 4) is 0 Å².